The van der Waals surface area contributed by atoms with E-state index in [2.05, 4.69) is 25.3 Å². The van der Waals surface area contributed by atoms with Crippen molar-refractivity contribution >= 4 is 33.6 Å². The third-order valence-corrected chi connectivity index (χ3v) is 4.70. The van der Waals surface area contributed by atoms with Gasteiger partial charge < -0.3 is 5.32 Å². The molecule has 0 saturated heterocycles. The lowest BCUT2D eigenvalue weighted by Gasteiger charge is -2.03. The fraction of sp³-hybridized carbons (Fsp3) is 0. The van der Waals surface area contributed by atoms with Crippen LogP contribution in [0.25, 0.3) is 21.8 Å². The molecule has 0 aliphatic rings. The molecule has 0 fully saturated rings. The van der Waals surface area contributed by atoms with Gasteiger partial charge in [0.25, 0.3) is 0 Å². The third kappa shape index (κ3) is 3.10. The number of hydrogen-bond donors (Lipinski definition) is 1. The summed E-state index contributed by atoms with van der Waals surface area (Å²) in [5.74, 6) is 0.762. The van der Waals surface area contributed by atoms with Gasteiger partial charge in [0.2, 0.25) is 0 Å². The average molecular weight is 337 g/mol. The van der Waals surface area contributed by atoms with Crippen LogP contribution in [0.4, 0.5) is 10.9 Å². The van der Waals surface area contributed by atoms with Crippen molar-refractivity contribution in [3.8, 4) is 21.8 Å². The smallest absolute Gasteiger partial charge is 0.188 e. The molecule has 0 aliphatic heterocycles. The fourth-order valence-electron chi connectivity index (χ4n) is 2.06. The van der Waals surface area contributed by atoms with E-state index in [9.17, 15) is 0 Å². The summed E-state index contributed by atoms with van der Waals surface area (Å²) >= 11 is 3.12. The molecule has 4 aromatic rings. The molecule has 0 unspecified atom stereocenters. The standard InChI is InChI=1S/C16H11N5S2/c1-2-11(8-17-5-1)12-3-4-14(19-9-12)21-16-20-13(10-23-16)15-18-6-7-22-15/h1-10H,(H,19,20,21). The first-order valence-electron chi connectivity index (χ1n) is 6.87. The van der Waals surface area contributed by atoms with Crippen LogP contribution in [0.2, 0.25) is 0 Å². The molecule has 7 heteroatoms. The number of pyridine rings is 2. The van der Waals surface area contributed by atoms with E-state index < -0.39 is 0 Å². The van der Waals surface area contributed by atoms with Gasteiger partial charge in [-0.05, 0) is 18.2 Å². The quantitative estimate of drug-likeness (QED) is 0.595. The van der Waals surface area contributed by atoms with Crippen molar-refractivity contribution in [1.82, 2.24) is 19.9 Å². The summed E-state index contributed by atoms with van der Waals surface area (Å²) in [5.41, 5.74) is 2.97. The van der Waals surface area contributed by atoms with Crippen LogP contribution in [0.15, 0.2) is 59.8 Å². The molecule has 0 aromatic carbocycles. The van der Waals surface area contributed by atoms with Crippen LogP contribution in [0.1, 0.15) is 0 Å². The Balaban J connectivity index is 1.51. The van der Waals surface area contributed by atoms with Gasteiger partial charge in [-0.25, -0.2) is 15.0 Å². The fourth-order valence-corrected chi connectivity index (χ4v) is 3.44. The minimum atomic E-state index is 0.762. The van der Waals surface area contributed by atoms with E-state index in [0.717, 1.165) is 32.8 Å². The molecule has 4 heterocycles. The summed E-state index contributed by atoms with van der Waals surface area (Å²) in [6, 6.07) is 7.88. The molecule has 0 spiro atoms. The predicted octanol–water partition coefficient (Wildman–Crippen LogP) is 4.47. The number of nitrogens with one attached hydrogen (secondary N) is 1. The van der Waals surface area contributed by atoms with Gasteiger partial charge in [0.05, 0.1) is 0 Å². The molecule has 4 rings (SSSR count). The summed E-state index contributed by atoms with van der Waals surface area (Å²) < 4.78 is 0. The lowest BCUT2D eigenvalue weighted by molar-refractivity contribution is 1.27. The maximum atomic E-state index is 4.53. The number of aromatic nitrogens is 4. The normalized spacial score (nSPS) is 10.6. The van der Waals surface area contributed by atoms with Gasteiger partial charge in [-0.3, -0.25) is 4.98 Å². The highest BCUT2D eigenvalue weighted by molar-refractivity contribution is 7.15. The van der Waals surface area contributed by atoms with Crippen LogP contribution in [-0.4, -0.2) is 19.9 Å². The van der Waals surface area contributed by atoms with Crippen LogP contribution in [0.3, 0.4) is 0 Å². The Kier molecular flexibility index (Phi) is 3.79. The lowest BCUT2D eigenvalue weighted by Crippen LogP contribution is -1.93. The first-order chi connectivity index (χ1) is 11.4. The molecular formula is C16H11N5S2. The lowest BCUT2D eigenvalue weighted by atomic mass is 10.1. The highest BCUT2D eigenvalue weighted by atomic mass is 32.1. The highest BCUT2D eigenvalue weighted by Crippen LogP contribution is 2.28. The summed E-state index contributed by atoms with van der Waals surface area (Å²) in [4.78, 5) is 17.4. The van der Waals surface area contributed by atoms with Gasteiger partial charge >= 0.3 is 0 Å². The van der Waals surface area contributed by atoms with Gasteiger partial charge in [0.1, 0.15) is 16.5 Å². The molecular weight excluding hydrogens is 326 g/mol. The van der Waals surface area contributed by atoms with Crippen LogP contribution in [0.5, 0.6) is 0 Å². The number of thiazole rings is 2. The summed E-state index contributed by atoms with van der Waals surface area (Å²) in [5, 5.41) is 8.89. The second-order valence-corrected chi connectivity index (χ2v) is 6.43. The van der Waals surface area contributed by atoms with Crippen molar-refractivity contribution in [2.24, 2.45) is 0 Å². The van der Waals surface area contributed by atoms with E-state index in [1.54, 1.807) is 23.7 Å². The van der Waals surface area contributed by atoms with Crippen LogP contribution in [0, 0.1) is 0 Å². The largest absolute Gasteiger partial charge is 0.316 e. The molecule has 0 atom stereocenters. The third-order valence-electron chi connectivity index (χ3n) is 3.15. The molecule has 0 aliphatic carbocycles. The average Bonchev–Trinajstić information content (AvgIpc) is 3.28. The summed E-state index contributed by atoms with van der Waals surface area (Å²) in [7, 11) is 0. The van der Waals surface area contributed by atoms with E-state index in [0.29, 0.717) is 0 Å². The SMILES string of the molecule is c1cncc(-c2ccc(Nc3nc(-c4nccs4)cs3)nc2)c1. The molecule has 0 bridgehead atoms. The second kappa shape index (κ2) is 6.23. The van der Waals surface area contributed by atoms with Crippen molar-refractivity contribution < 1.29 is 0 Å². The van der Waals surface area contributed by atoms with Gasteiger partial charge in [-0.2, -0.15) is 0 Å². The van der Waals surface area contributed by atoms with E-state index in [1.807, 2.05) is 47.4 Å². The number of rotatable bonds is 4. The van der Waals surface area contributed by atoms with Gasteiger partial charge in [0, 0.05) is 46.7 Å². The maximum Gasteiger partial charge on any atom is 0.188 e. The molecule has 1 N–H and O–H groups in total. The maximum absolute atomic E-state index is 4.53. The molecule has 0 radical (unpaired) electrons. The van der Waals surface area contributed by atoms with Crippen molar-refractivity contribution in [3.05, 3.63) is 59.8 Å². The first kappa shape index (κ1) is 14.0. The molecule has 5 nitrogen and oxygen atoms in total. The summed E-state index contributed by atoms with van der Waals surface area (Å²) in [6.07, 6.45) is 7.19. The Morgan fingerprint density at radius 2 is 1.87 bits per heavy atom. The van der Waals surface area contributed by atoms with E-state index in [-0.39, 0.29) is 0 Å². The Hall–Kier alpha value is -2.64. The minimum Gasteiger partial charge on any atom is -0.316 e. The predicted molar refractivity (Wildman–Crippen MR) is 94.0 cm³/mol. The molecule has 0 saturated carbocycles. The van der Waals surface area contributed by atoms with Crippen molar-refractivity contribution in [3.63, 3.8) is 0 Å². The Bertz CT molecular complexity index is 886. The van der Waals surface area contributed by atoms with Crippen LogP contribution >= 0.6 is 22.7 Å². The molecule has 4 aromatic heterocycles. The topological polar surface area (TPSA) is 63.6 Å². The van der Waals surface area contributed by atoms with Crippen molar-refractivity contribution in [2.45, 2.75) is 0 Å². The Morgan fingerprint density at radius 3 is 2.61 bits per heavy atom. The molecule has 23 heavy (non-hydrogen) atoms. The molecule has 112 valence electrons. The minimum absolute atomic E-state index is 0.762. The van der Waals surface area contributed by atoms with E-state index in [4.69, 9.17) is 0 Å². The Labute approximate surface area is 140 Å². The van der Waals surface area contributed by atoms with Crippen LogP contribution in [-0.2, 0) is 0 Å². The van der Waals surface area contributed by atoms with Gasteiger partial charge in [0.15, 0.2) is 5.13 Å². The zero-order valence-electron chi connectivity index (χ0n) is 11.9. The zero-order chi connectivity index (χ0) is 15.5. The zero-order valence-corrected chi connectivity index (χ0v) is 13.5. The monoisotopic (exact) mass is 337 g/mol. The summed E-state index contributed by atoms with van der Waals surface area (Å²) in [6.45, 7) is 0. The Morgan fingerprint density at radius 1 is 0.913 bits per heavy atom. The number of anilines is 2. The second-order valence-electron chi connectivity index (χ2n) is 4.67. The van der Waals surface area contributed by atoms with E-state index >= 15 is 0 Å². The van der Waals surface area contributed by atoms with E-state index in [1.165, 1.54) is 11.3 Å². The first-order valence-corrected chi connectivity index (χ1v) is 8.63. The van der Waals surface area contributed by atoms with Crippen LogP contribution < -0.4 is 5.32 Å². The number of hydrogen-bond acceptors (Lipinski definition) is 7. The highest BCUT2D eigenvalue weighted by Gasteiger charge is 2.07. The van der Waals surface area contributed by atoms with Crippen molar-refractivity contribution in [2.75, 3.05) is 5.32 Å². The molecule has 0 amide bonds. The van der Waals surface area contributed by atoms with Gasteiger partial charge in [-0.1, -0.05) is 6.07 Å². The van der Waals surface area contributed by atoms with Gasteiger partial charge in [-0.15, -0.1) is 22.7 Å². The van der Waals surface area contributed by atoms with Crippen molar-refractivity contribution in [1.29, 1.82) is 0 Å². The number of nitrogens with zero attached hydrogens (tertiary/aromatic N) is 4.